The van der Waals surface area contributed by atoms with Gasteiger partial charge in [-0.05, 0) is 39.8 Å². The molecule has 82 valence electrons. The number of piperidine rings is 1. The summed E-state index contributed by atoms with van der Waals surface area (Å²) in [5, 5.41) is 6.38. The molecular formula is C10H21N3O. The van der Waals surface area contributed by atoms with Crippen molar-refractivity contribution < 1.29 is 4.79 Å². The molecular weight excluding hydrogens is 178 g/mol. The molecule has 0 spiro atoms. The largest absolute Gasteiger partial charge is 0.333 e. The maximum absolute atomic E-state index is 11.6. The molecule has 14 heavy (non-hydrogen) atoms. The number of hydrogen-bond donors (Lipinski definition) is 2. The summed E-state index contributed by atoms with van der Waals surface area (Å²) < 4.78 is 0. The second kappa shape index (κ2) is 4.64. The highest BCUT2D eigenvalue weighted by Gasteiger charge is 2.28. The SMILES string of the molecule is CCN(C)C(=O)NC1(C)CCNCC1. The van der Waals surface area contributed by atoms with E-state index in [-0.39, 0.29) is 11.6 Å². The van der Waals surface area contributed by atoms with E-state index in [2.05, 4.69) is 17.6 Å². The van der Waals surface area contributed by atoms with Crippen molar-refractivity contribution in [2.24, 2.45) is 0 Å². The summed E-state index contributed by atoms with van der Waals surface area (Å²) in [5.74, 6) is 0. The monoisotopic (exact) mass is 199 g/mol. The second-order valence-corrected chi connectivity index (χ2v) is 4.25. The molecule has 0 aromatic carbocycles. The zero-order chi connectivity index (χ0) is 10.6. The Morgan fingerprint density at radius 1 is 1.50 bits per heavy atom. The van der Waals surface area contributed by atoms with Gasteiger partial charge in [0.05, 0.1) is 0 Å². The fourth-order valence-electron chi connectivity index (χ4n) is 1.60. The van der Waals surface area contributed by atoms with E-state index in [9.17, 15) is 4.79 Å². The van der Waals surface area contributed by atoms with Gasteiger partial charge in [-0.3, -0.25) is 0 Å². The first-order chi connectivity index (χ1) is 6.57. The molecule has 0 bridgehead atoms. The van der Waals surface area contributed by atoms with E-state index in [0.717, 1.165) is 32.5 Å². The maximum atomic E-state index is 11.6. The Labute approximate surface area is 86.0 Å². The Balaban J connectivity index is 2.44. The van der Waals surface area contributed by atoms with Crippen LogP contribution in [0.3, 0.4) is 0 Å². The molecule has 0 aliphatic carbocycles. The average molecular weight is 199 g/mol. The summed E-state index contributed by atoms with van der Waals surface area (Å²) in [5.41, 5.74) is -0.0221. The molecule has 2 amide bonds. The summed E-state index contributed by atoms with van der Waals surface area (Å²) in [6, 6.07) is 0.0388. The van der Waals surface area contributed by atoms with Gasteiger partial charge in [-0.2, -0.15) is 0 Å². The number of amides is 2. The van der Waals surface area contributed by atoms with Crippen LogP contribution >= 0.6 is 0 Å². The minimum Gasteiger partial charge on any atom is -0.333 e. The average Bonchev–Trinajstić information content (AvgIpc) is 2.17. The van der Waals surface area contributed by atoms with E-state index in [0.29, 0.717) is 0 Å². The first-order valence-electron chi connectivity index (χ1n) is 5.31. The van der Waals surface area contributed by atoms with Crippen LogP contribution in [0.2, 0.25) is 0 Å². The maximum Gasteiger partial charge on any atom is 0.317 e. The first-order valence-corrected chi connectivity index (χ1v) is 5.31. The van der Waals surface area contributed by atoms with Crippen LogP contribution in [-0.4, -0.2) is 43.2 Å². The number of carbonyl (C=O) groups is 1. The lowest BCUT2D eigenvalue weighted by molar-refractivity contribution is 0.187. The highest BCUT2D eigenvalue weighted by atomic mass is 16.2. The molecule has 1 fully saturated rings. The predicted molar refractivity (Wildman–Crippen MR) is 57.3 cm³/mol. The summed E-state index contributed by atoms with van der Waals surface area (Å²) in [7, 11) is 1.82. The van der Waals surface area contributed by atoms with Crippen molar-refractivity contribution in [2.75, 3.05) is 26.7 Å². The molecule has 0 radical (unpaired) electrons. The van der Waals surface area contributed by atoms with Crippen molar-refractivity contribution in [1.82, 2.24) is 15.5 Å². The first kappa shape index (κ1) is 11.3. The van der Waals surface area contributed by atoms with E-state index in [1.807, 2.05) is 14.0 Å². The molecule has 0 saturated carbocycles. The highest BCUT2D eigenvalue weighted by molar-refractivity contribution is 5.74. The molecule has 1 saturated heterocycles. The van der Waals surface area contributed by atoms with E-state index in [1.54, 1.807) is 4.90 Å². The normalized spacial score (nSPS) is 20.2. The van der Waals surface area contributed by atoms with Crippen molar-refractivity contribution >= 4 is 6.03 Å². The minimum atomic E-state index is -0.0221. The number of carbonyl (C=O) groups excluding carboxylic acids is 1. The smallest absolute Gasteiger partial charge is 0.317 e. The summed E-state index contributed by atoms with van der Waals surface area (Å²) >= 11 is 0. The third kappa shape index (κ3) is 2.87. The molecule has 4 nitrogen and oxygen atoms in total. The van der Waals surface area contributed by atoms with E-state index in [4.69, 9.17) is 0 Å². The van der Waals surface area contributed by atoms with Crippen LogP contribution in [0.4, 0.5) is 4.79 Å². The number of nitrogens with one attached hydrogen (secondary N) is 2. The summed E-state index contributed by atoms with van der Waals surface area (Å²) in [4.78, 5) is 13.3. The van der Waals surface area contributed by atoms with Crippen LogP contribution in [0.25, 0.3) is 0 Å². The molecule has 1 heterocycles. The number of rotatable bonds is 2. The zero-order valence-electron chi connectivity index (χ0n) is 9.39. The Morgan fingerprint density at radius 2 is 2.07 bits per heavy atom. The van der Waals surface area contributed by atoms with Gasteiger partial charge in [-0.1, -0.05) is 0 Å². The van der Waals surface area contributed by atoms with Crippen LogP contribution in [-0.2, 0) is 0 Å². The van der Waals surface area contributed by atoms with E-state index >= 15 is 0 Å². The predicted octanol–water partition coefficient (Wildman–Crippen LogP) is 0.790. The lowest BCUT2D eigenvalue weighted by Gasteiger charge is -2.36. The third-order valence-electron chi connectivity index (χ3n) is 2.94. The molecule has 0 aromatic rings. The Hall–Kier alpha value is -0.770. The summed E-state index contributed by atoms with van der Waals surface area (Å²) in [6.07, 6.45) is 2.02. The van der Waals surface area contributed by atoms with Crippen molar-refractivity contribution in [3.8, 4) is 0 Å². The molecule has 1 rings (SSSR count). The molecule has 4 heteroatoms. The van der Waals surface area contributed by atoms with Crippen LogP contribution < -0.4 is 10.6 Å². The third-order valence-corrected chi connectivity index (χ3v) is 2.94. The van der Waals surface area contributed by atoms with E-state index < -0.39 is 0 Å². The topological polar surface area (TPSA) is 44.4 Å². The Kier molecular flexibility index (Phi) is 3.75. The zero-order valence-corrected chi connectivity index (χ0v) is 9.39. The van der Waals surface area contributed by atoms with Crippen LogP contribution in [0.5, 0.6) is 0 Å². The Bertz CT molecular complexity index is 200. The number of urea groups is 1. The van der Waals surface area contributed by atoms with Gasteiger partial charge in [0.1, 0.15) is 0 Å². The Morgan fingerprint density at radius 3 is 2.57 bits per heavy atom. The van der Waals surface area contributed by atoms with Gasteiger partial charge in [-0.25, -0.2) is 4.79 Å². The minimum absolute atomic E-state index is 0.0221. The molecule has 1 aliphatic rings. The van der Waals surface area contributed by atoms with Gasteiger partial charge in [0.2, 0.25) is 0 Å². The van der Waals surface area contributed by atoms with Gasteiger partial charge >= 0.3 is 6.03 Å². The number of nitrogens with zero attached hydrogens (tertiary/aromatic N) is 1. The fraction of sp³-hybridized carbons (Fsp3) is 0.900. The van der Waals surface area contributed by atoms with Gasteiger partial charge in [0.15, 0.2) is 0 Å². The molecule has 2 N–H and O–H groups in total. The van der Waals surface area contributed by atoms with Crippen molar-refractivity contribution in [1.29, 1.82) is 0 Å². The van der Waals surface area contributed by atoms with Gasteiger partial charge in [0.25, 0.3) is 0 Å². The van der Waals surface area contributed by atoms with Crippen molar-refractivity contribution in [2.45, 2.75) is 32.2 Å². The van der Waals surface area contributed by atoms with Gasteiger partial charge in [0, 0.05) is 19.1 Å². The lowest BCUT2D eigenvalue weighted by Crippen LogP contribution is -2.55. The fourth-order valence-corrected chi connectivity index (χ4v) is 1.60. The van der Waals surface area contributed by atoms with Crippen molar-refractivity contribution in [3.63, 3.8) is 0 Å². The molecule has 1 aliphatic heterocycles. The van der Waals surface area contributed by atoms with Gasteiger partial charge < -0.3 is 15.5 Å². The van der Waals surface area contributed by atoms with Gasteiger partial charge in [-0.15, -0.1) is 0 Å². The summed E-state index contributed by atoms with van der Waals surface area (Å²) in [6.45, 7) is 6.83. The van der Waals surface area contributed by atoms with Crippen molar-refractivity contribution in [3.05, 3.63) is 0 Å². The quantitative estimate of drug-likeness (QED) is 0.690. The molecule has 0 aromatic heterocycles. The van der Waals surface area contributed by atoms with Crippen LogP contribution in [0.1, 0.15) is 26.7 Å². The number of hydrogen-bond acceptors (Lipinski definition) is 2. The van der Waals surface area contributed by atoms with Crippen LogP contribution in [0, 0.1) is 0 Å². The van der Waals surface area contributed by atoms with E-state index in [1.165, 1.54) is 0 Å². The molecule has 0 unspecified atom stereocenters. The highest BCUT2D eigenvalue weighted by Crippen LogP contribution is 2.17. The lowest BCUT2D eigenvalue weighted by atomic mass is 9.91. The standard InChI is InChI=1S/C10H21N3O/c1-4-13(3)9(14)12-10(2)5-7-11-8-6-10/h11H,4-8H2,1-3H3,(H,12,14). The van der Waals surface area contributed by atoms with Crippen LogP contribution in [0.15, 0.2) is 0 Å². The second-order valence-electron chi connectivity index (χ2n) is 4.25. The molecule has 0 atom stereocenters.